The highest BCUT2D eigenvalue weighted by Gasteiger charge is 2.33. The summed E-state index contributed by atoms with van der Waals surface area (Å²) in [6, 6.07) is 0.621. The normalized spacial score (nSPS) is 17.5. The van der Waals surface area contributed by atoms with Crippen LogP contribution in [0, 0.1) is 5.92 Å². The van der Waals surface area contributed by atoms with Crippen LogP contribution >= 0.6 is 0 Å². The van der Waals surface area contributed by atoms with Gasteiger partial charge in [0.1, 0.15) is 0 Å². The molecule has 2 nitrogen and oxygen atoms in total. The van der Waals surface area contributed by atoms with E-state index in [1.807, 2.05) is 0 Å². The third-order valence-corrected chi connectivity index (χ3v) is 4.26. The van der Waals surface area contributed by atoms with Gasteiger partial charge in [0.05, 0.1) is 0 Å². The average molecular weight is 242 g/mol. The Bertz CT molecular complexity index is 185. The van der Waals surface area contributed by atoms with Crippen LogP contribution in [0.5, 0.6) is 0 Å². The van der Waals surface area contributed by atoms with Crippen molar-refractivity contribution in [3.05, 3.63) is 0 Å². The van der Waals surface area contributed by atoms with Gasteiger partial charge in [-0.1, -0.05) is 40.5 Å². The van der Waals surface area contributed by atoms with Crippen LogP contribution in [0.25, 0.3) is 0 Å². The van der Waals surface area contributed by atoms with Crippen LogP contribution in [0.4, 0.5) is 0 Å². The molecule has 0 radical (unpaired) electrons. The summed E-state index contributed by atoms with van der Waals surface area (Å²) in [6.07, 6.45) is 6.18. The number of nitrogens with zero attached hydrogens (tertiary/aromatic N) is 1. The predicted octanol–water partition coefficient (Wildman–Crippen LogP) is 3.65. The number of likely N-dealkylation sites (N-methyl/N-ethyl adjacent to an activating group) is 1. The maximum absolute atomic E-state index is 6.09. The topological polar surface area (TPSA) is 29.3 Å². The van der Waals surface area contributed by atoms with Crippen molar-refractivity contribution in [2.24, 2.45) is 11.7 Å². The van der Waals surface area contributed by atoms with E-state index in [-0.39, 0.29) is 5.54 Å². The SMILES string of the molecule is CCCCC(CC)(CN)N(C)C(C)CC(C)C. The largest absolute Gasteiger partial charge is 0.329 e. The molecule has 2 heteroatoms. The highest BCUT2D eigenvalue weighted by Crippen LogP contribution is 2.28. The Hall–Kier alpha value is -0.0800. The zero-order valence-electron chi connectivity index (χ0n) is 12.9. The first-order chi connectivity index (χ1) is 7.93. The standard InChI is InChI=1S/C15H34N2/c1-7-9-10-15(8-2,12-16)17(6)14(5)11-13(3)4/h13-14H,7-12,16H2,1-6H3. The summed E-state index contributed by atoms with van der Waals surface area (Å²) in [5.74, 6) is 0.756. The molecule has 17 heavy (non-hydrogen) atoms. The van der Waals surface area contributed by atoms with Gasteiger partial charge in [-0.3, -0.25) is 4.90 Å². The van der Waals surface area contributed by atoms with Crippen molar-refractivity contribution >= 4 is 0 Å². The Morgan fingerprint density at radius 1 is 1.18 bits per heavy atom. The van der Waals surface area contributed by atoms with Gasteiger partial charge in [-0.25, -0.2) is 0 Å². The highest BCUT2D eigenvalue weighted by atomic mass is 15.2. The van der Waals surface area contributed by atoms with E-state index in [1.165, 1.54) is 25.7 Å². The second kappa shape index (κ2) is 8.10. The molecule has 104 valence electrons. The van der Waals surface area contributed by atoms with E-state index < -0.39 is 0 Å². The van der Waals surface area contributed by atoms with Crippen molar-refractivity contribution in [2.45, 2.75) is 78.3 Å². The number of nitrogens with two attached hydrogens (primary N) is 1. The van der Waals surface area contributed by atoms with Crippen molar-refractivity contribution in [3.8, 4) is 0 Å². The zero-order chi connectivity index (χ0) is 13.5. The summed E-state index contributed by atoms with van der Waals surface area (Å²) in [6.45, 7) is 12.3. The molecule has 0 aromatic heterocycles. The van der Waals surface area contributed by atoms with Gasteiger partial charge in [0.25, 0.3) is 0 Å². The van der Waals surface area contributed by atoms with Gasteiger partial charge in [-0.05, 0) is 39.2 Å². The fourth-order valence-electron chi connectivity index (χ4n) is 2.81. The second-order valence-electron chi connectivity index (χ2n) is 5.98. The second-order valence-corrected chi connectivity index (χ2v) is 5.98. The minimum absolute atomic E-state index is 0.213. The Labute approximate surface area is 109 Å². The van der Waals surface area contributed by atoms with Gasteiger partial charge in [-0.15, -0.1) is 0 Å². The minimum Gasteiger partial charge on any atom is -0.329 e. The van der Waals surface area contributed by atoms with Crippen LogP contribution in [-0.2, 0) is 0 Å². The van der Waals surface area contributed by atoms with Gasteiger partial charge in [0.2, 0.25) is 0 Å². The predicted molar refractivity (Wildman–Crippen MR) is 78.3 cm³/mol. The third-order valence-electron chi connectivity index (χ3n) is 4.26. The maximum Gasteiger partial charge on any atom is 0.0328 e. The van der Waals surface area contributed by atoms with Gasteiger partial charge >= 0.3 is 0 Å². The van der Waals surface area contributed by atoms with Crippen LogP contribution < -0.4 is 5.73 Å². The molecule has 0 heterocycles. The molecule has 0 bridgehead atoms. The highest BCUT2D eigenvalue weighted by molar-refractivity contribution is 4.91. The summed E-state index contributed by atoms with van der Waals surface area (Å²) < 4.78 is 0. The van der Waals surface area contributed by atoms with Crippen molar-refractivity contribution in [1.29, 1.82) is 0 Å². The summed E-state index contributed by atoms with van der Waals surface area (Å²) in [4.78, 5) is 2.54. The lowest BCUT2D eigenvalue weighted by Crippen LogP contribution is -2.55. The van der Waals surface area contributed by atoms with E-state index in [2.05, 4.69) is 46.6 Å². The molecule has 2 N–H and O–H groups in total. The first-order valence-electron chi connectivity index (χ1n) is 7.36. The first kappa shape index (κ1) is 16.9. The van der Waals surface area contributed by atoms with Crippen LogP contribution in [0.3, 0.4) is 0 Å². The Balaban J connectivity index is 4.66. The minimum atomic E-state index is 0.213. The molecule has 0 saturated heterocycles. The third kappa shape index (κ3) is 4.97. The lowest BCUT2D eigenvalue weighted by atomic mass is 9.86. The molecule has 0 saturated carbocycles. The monoisotopic (exact) mass is 242 g/mol. The first-order valence-corrected chi connectivity index (χ1v) is 7.36. The number of rotatable bonds is 9. The van der Waals surface area contributed by atoms with Crippen molar-refractivity contribution in [2.75, 3.05) is 13.6 Å². The molecule has 2 unspecified atom stereocenters. The lowest BCUT2D eigenvalue weighted by molar-refractivity contribution is 0.0608. The molecule has 0 rings (SSSR count). The lowest BCUT2D eigenvalue weighted by Gasteiger charge is -2.45. The molecule has 0 aliphatic heterocycles. The van der Waals surface area contributed by atoms with Gasteiger partial charge in [-0.2, -0.15) is 0 Å². The quantitative estimate of drug-likeness (QED) is 0.669. The molecule has 0 aromatic carbocycles. The Morgan fingerprint density at radius 3 is 2.12 bits per heavy atom. The van der Waals surface area contributed by atoms with Crippen LogP contribution in [0.15, 0.2) is 0 Å². The molecule has 2 atom stereocenters. The smallest absolute Gasteiger partial charge is 0.0328 e. The summed E-state index contributed by atoms with van der Waals surface area (Å²) >= 11 is 0. The molecule has 0 amide bonds. The van der Waals surface area contributed by atoms with E-state index in [1.54, 1.807) is 0 Å². The van der Waals surface area contributed by atoms with Crippen molar-refractivity contribution < 1.29 is 0 Å². The Morgan fingerprint density at radius 2 is 1.76 bits per heavy atom. The molecule has 0 aliphatic rings. The molecular weight excluding hydrogens is 208 g/mol. The van der Waals surface area contributed by atoms with Gasteiger partial charge in [0, 0.05) is 18.1 Å². The fourth-order valence-corrected chi connectivity index (χ4v) is 2.81. The summed E-state index contributed by atoms with van der Waals surface area (Å²) in [5, 5.41) is 0. The van der Waals surface area contributed by atoms with Crippen LogP contribution in [0.1, 0.15) is 66.7 Å². The molecule has 0 spiro atoms. The van der Waals surface area contributed by atoms with E-state index >= 15 is 0 Å². The summed E-state index contributed by atoms with van der Waals surface area (Å²) in [7, 11) is 2.26. The number of hydrogen-bond acceptors (Lipinski definition) is 2. The number of hydrogen-bond donors (Lipinski definition) is 1. The fraction of sp³-hybridized carbons (Fsp3) is 1.00. The van der Waals surface area contributed by atoms with E-state index in [4.69, 9.17) is 5.73 Å². The zero-order valence-corrected chi connectivity index (χ0v) is 12.9. The van der Waals surface area contributed by atoms with Gasteiger partial charge in [0.15, 0.2) is 0 Å². The summed E-state index contributed by atoms with van der Waals surface area (Å²) in [5.41, 5.74) is 6.30. The van der Waals surface area contributed by atoms with Gasteiger partial charge < -0.3 is 5.73 Å². The average Bonchev–Trinajstić information content (AvgIpc) is 2.30. The van der Waals surface area contributed by atoms with Crippen LogP contribution in [0.2, 0.25) is 0 Å². The number of unbranched alkanes of at least 4 members (excludes halogenated alkanes) is 1. The van der Waals surface area contributed by atoms with E-state index in [0.29, 0.717) is 6.04 Å². The molecule has 0 aromatic rings. The van der Waals surface area contributed by atoms with Crippen LogP contribution in [-0.4, -0.2) is 30.1 Å². The van der Waals surface area contributed by atoms with Crippen molar-refractivity contribution in [1.82, 2.24) is 4.90 Å². The molecule has 0 aliphatic carbocycles. The maximum atomic E-state index is 6.09. The van der Waals surface area contributed by atoms with Crippen molar-refractivity contribution in [3.63, 3.8) is 0 Å². The molecular formula is C15H34N2. The van der Waals surface area contributed by atoms with E-state index in [9.17, 15) is 0 Å². The Kier molecular flexibility index (Phi) is 8.06. The van der Waals surface area contributed by atoms with E-state index in [0.717, 1.165) is 18.9 Å². The molecule has 0 fully saturated rings.